The van der Waals surface area contributed by atoms with Gasteiger partial charge in [0.05, 0.1) is 5.60 Å². The molecule has 5 nitrogen and oxygen atoms in total. The summed E-state index contributed by atoms with van der Waals surface area (Å²) in [7, 11) is 0. The lowest BCUT2D eigenvalue weighted by atomic mass is 9.83. The lowest BCUT2D eigenvalue weighted by Gasteiger charge is -2.39. The molecule has 1 atom stereocenters. The number of halogens is 1. The van der Waals surface area contributed by atoms with Gasteiger partial charge in [-0.2, -0.15) is 0 Å². The number of hydrogen-bond donors (Lipinski definition) is 1. The van der Waals surface area contributed by atoms with Gasteiger partial charge in [-0.05, 0) is 56.9 Å². The summed E-state index contributed by atoms with van der Waals surface area (Å²) < 4.78 is 11.7. The molecule has 24 heavy (non-hydrogen) atoms. The van der Waals surface area contributed by atoms with Crippen LogP contribution in [0.4, 0.5) is 4.79 Å². The third kappa shape index (κ3) is 3.15. The molecule has 0 aliphatic carbocycles. The van der Waals surface area contributed by atoms with Crippen LogP contribution in [0.1, 0.15) is 50.8 Å². The van der Waals surface area contributed by atoms with Crippen LogP contribution >= 0.6 is 11.6 Å². The molecule has 1 saturated heterocycles. The van der Waals surface area contributed by atoms with Crippen molar-refractivity contribution in [2.24, 2.45) is 0 Å². The number of amides is 1. The maximum absolute atomic E-state index is 12.2. The zero-order chi connectivity index (χ0) is 17.5. The number of nitrogens with zero attached hydrogens (tertiary/aromatic N) is 1. The zero-order valence-corrected chi connectivity index (χ0v) is 15.0. The summed E-state index contributed by atoms with van der Waals surface area (Å²) in [5.74, 6) is 0. The average Bonchev–Trinajstić information content (AvgIpc) is 2.80. The summed E-state index contributed by atoms with van der Waals surface area (Å²) in [6.07, 6.45) is 2.03. The fourth-order valence-electron chi connectivity index (χ4n) is 3.43. The Morgan fingerprint density at radius 3 is 2.67 bits per heavy atom. The Morgan fingerprint density at radius 2 is 2.08 bits per heavy atom. The van der Waals surface area contributed by atoms with E-state index in [-0.39, 0.29) is 12.2 Å². The van der Waals surface area contributed by atoms with Gasteiger partial charge < -0.3 is 19.8 Å². The largest absolute Gasteiger partial charge is 0.444 e. The number of hydrogen-bond acceptors (Lipinski definition) is 4. The Bertz CT molecular complexity index is 661. The van der Waals surface area contributed by atoms with E-state index >= 15 is 0 Å². The lowest BCUT2D eigenvalue weighted by Crippen LogP contribution is -2.46. The maximum Gasteiger partial charge on any atom is 0.410 e. The van der Waals surface area contributed by atoms with Crippen molar-refractivity contribution in [2.75, 3.05) is 13.1 Å². The maximum atomic E-state index is 12.2. The number of carbonyl (C=O) groups is 1. The molecule has 0 radical (unpaired) electrons. The lowest BCUT2D eigenvalue weighted by molar-refractivity contribution is -0.0879. The van der Waals surface area contributed by atoms with E-state index in [0.717, 1.165) is 11.1 Å². The van der Waals surface area contributed by atoms with E-state index in [4.69, 9.17) is 26.5 Å². The number of rotatable bonds is 1. The molecule has 3 rings (SSSR count). The molecule has 1 fully saturated rings. The van der Waals surface area contributed by atoms with Gasteiger partial charge in [0.25, 0.3) is 0 Å². The molecule has 0 bridgehead atoms. The highest BCUT2D eigenvalue weighted by Gasteiger charge is 2.47. The highest BCUT2D eigenvalue weighted by atomic mass is 35.5. The molecule has 130 valence electrons. The van der Waals surface area contributed by atoms with E-state index in [0.29, 0.717) is 31.0 Å². The Kier molecular flexibility index (Phi) is 4.34. The molecule has 1 N–H and O–H groups in total. The van der Waals surface area contributed by atoms with Crippen LogP contribution in [-0.2, 0) is 15.1 Å². The number of benzene rings is 1. The molecular weight excluding hydrogens is 328 g/mol. The number of carbonyl (C=O) groups excluding carboxylic acids is 1. The third-order valence-electron chi connectivity index (χ3n) is 4.54. The van der Waals surface area contributed by atoms with Crippen LogP contribution in [0.25, 0.3) is 0 Å². The first-order valence-corrected chi connectivity index (χ1v) is 8.58. The van der Waals surface area contributed by atoms with Crippen molar-refractivity contribution >= 4 is 23.9 Å². The number of fused-ring (bicyclic) bond motifs is 2. The minimum atomic E-state index is -0.499. The molecule has 2 heterocycles. The minimum Gasteiger partial charge on any atom is -0.444 e. The number of nitrogens with one attached hydrogen (secondary N) is 1. The SMILES string of the molecule is CC(C)(C)OC(=O)N1CCC2(CC1)OC(C=N)c1ccc(Cl)cc12. The van der Waals surface area contributed by atoms with E-state index in [1.54, 1.807) is 4.90 Å². The molecule has 2 aliphatic heterocycles. The molecule has 1 unspecified atom stereocenters. The Balaban J connectivity index is 1.78. The summed E-state index contributed by atoms with van der Waals surface area (Å²) in [6, 6.07) is 5.70. The number of ether oxygens (including phenoxy) is 2. The van der Waals surface area contributed by atoms with Gasteiger partial charge in [-0.25, -0.2) is 4.79 Å². The molecule has 2 aliphatic rings. The molecule has 0 saturated carbocycles. The average molecular weight is 351 g/mol. The summed E-state index contributed by atoms with van der Waals surface area (Å²) in [5.41, 5.74) is 1.08. The highest BCUT2D eigenvalue weighted by Crippen LogP contribution is 2.49. The van der Waals surface area contributed by atoms with Crippen molar-refractivity contribution in [3.05, 3.63) is 34.3 Å². The van der Waals surface area contributed by atoms with Crippen LogP contribution in [0.5, 0.6) is 0 Å². The van der Waals surface area contributed by atoms with E-state index in [1.807, 2.05) is 39.0 Å². The zero-order valence-electron chi connectivity index (χ0n) is 14.3. The molecule has 1 aromatic carbocycles. The van der Waals surface area contributed by atoms with Gasteiger partial charge in [0.2, 0.25) is 0 Å². The van der Waals surface area contributed by atoms with Crippen molar-refractivity contribution in [2.45, 2.75) is 50.9 Å². The topological polar surface area (TPSA) is 62.6 Å². The van der Waals surface area contributed by atoms with Crippen molar-refractivity contribution in [3.8, 4) is 0 Å². The summed E-state index contributed by atoms with van der Waals surface area (Å²) in [6.45, 7) is 6.72. The molecular formula is C18H23ClN2O3. The van der Waals surface area contributed by atoms with Crippen molar-refractivity contribution in [1.29, 1.82) is 5.41 Å². The van der Waals surface area contributed by atoms with E-state index < -0.39 is 11.2 Å². The smallest absolute Gasteiger partial charge is 0.410 e. The second-order valence-electron chi connectivity index (χ2n) is 7.40. The Labute approximate surface area is 147 Å². The summed E-state index contributed by atoms with van der Waals surface area (Å²) >= 11 is 6.17. The fraction of sp³-hybridized carbons (Fsp3) is 0.556. The fourth-order valence-corrected chi connectivity index (χ4v) is 3.60. The van der Waals surface area contributed by atoms with Crippen molar-refractivity contribution in [3.63, 3.8) is 0 Å². The van der Waals surface area contributed by atoms with Crippen LogP contribution in [0, 0.1) is 5.41 Å². The Hall–Kier alpha value is -1.59. The van der Waals surface area contributed by atoms with Gasteiger partial charge in [-0.15, -0.1) is 0 Å². The van der Waals surface area contributed by atoms with E-state index in [9.17, 15) is 4.79 Å². The molecule has 1 spiro atoms. The predicted octanol–water partition coefficient (Wildman–Crippen LogP) is 4.29. The molecule has 1 aromatic rings. The van der Waals surface area contributed by atoms with Crippen LogP contribution in [0.15, 0.2) is 18.2 Å². The van der Waals surface area contributed by atoms with Crippen LogP contribution in [-0.4, -0.2) is 35.9 Å². The third-order valence-corrected chi connectivity index (χ3v) is 4.77. The summed E-state index contributed by atoms with van der Waals surface area (Å²) in [5, 5.41) is 8.29. The van der Waals surface area contributed by atoms with Gasteiger partial charge in [0.15, 0.2) is 0 Å². The second-order valence-corrected chi connectivity index (χ2v) is 7.83. The first kappa shape index (κ1) is 17.2. The second kappa shape index (κ2) is 6.05. The van der Waals surface area contributed by atoms with Crippen LogP contribution in [0.2, 0.25) is 5.02 Å². The Morgan fingerprint density at radius 1 is 1.42 bits per heavy atom. The molecule has 0 aromatic heterocycles. The molecule has 6 heteroatoms. The first-order valence-electron chi connectivity index (χ1n) is 8.20. The van der Waals surface area contributed by atoms with Crippen molar-refractivity contribution < 1.29 is 14.3 Å². The van der Waals surface area contributed by atoms with Gasteiger partial charge in [-0.3, -0.25) is 0 Å². The highest BCUT2D eigenvalue weighted by molar-refractivity contribution is 6.30. The monoisotopic (exact) mass is 350 g/mol. The van der Waals surface area contributed by atoms with Crippen molar-refractivity contribution in [1.82, 2.24) is 4.90 Å². The normalized spacial score (nSPS) is 22.3. The minimum absolute atomic E-state index is 0.287. The van der Waals surface area contributed by atoms with Crippen LogP contribution < -0.4 is 0 Å². The number of piperidine rings is 1. The predicted molar refractivity (Wildman–Crippen MR) is 92.8 cm³/mol. The number of likely N-dealkylation sites (tertiary alicyclic amines) is 1. The van der Waals surface area contributed by atoms with E-state index in [2.05, 4.69) is 0 Å². The first-order chi connectivity index (χ1) is 11.2. The molecule has 1 amide bonds. The summed E-state index contributed by atoms with van der Waals surface area (Å²) in [4.78, 5) is 14.0. The quantitative estimate of drug-likeness (QED) is 0.768. The van der Waals surface area contributed by atoms with Crippen LogP contribution in [0.3, 0.4) is 0 Å². The van der Waals surface area contributed by atoms with Gasteiger partial charge >= 0.3 is 6.09 Å². The van der Waals surface area contributed by atoms with Gasteiger partial charge in [-0.1, -0.05) is 17.7 Å². The van der Waals surface area contributed by atoms with Gasteiger partial charge in [0.1, 0.15) is 11.7 Å². The standard InChI is InChI=1S/C18H23ClN2O3/c1-17(2,3)24-16(22)21-8-6-18(7-9-21)14-10-12(19)4-5-13(14)15(11-20)23-18/h4-5,10-11,15,20H,6-9H2,1-3H3. The van der Waals surface area contributed by atoms with Gasteiger partial charge in [0, 0.05) is 24.3 Å². The van der Waals surface area contributed by atoms with E-state index in [1.165, 1.54) is 6.21 Å².